The van der Waals surface area contributed by atoms with Gasteiger partial charge in [-0.2, -0.15) is 0 Å². The van der Waals surface area contributed by atoms with Crippen molar-refractivity contribution in [3.63, 3.8) is 0 Å². The predicted molar refractivity (Wildman–Crippen MR) is 114 cm³/mol. The van der Waals surface area contributed by atoms with Crippen molar-refractivity contribution in [2.45, 2.75) is 57.9 Å². The van der Waals surface area contributed by atoms with Crippen molar-refractivity contribution in [2.75, 3.05) is 0 Å². The van der Waals surface area contributed by atoms with Crippen molar-refractivity contribution in [3.8, 4) is 0 Å². The zero-order chi connectivity index (χ0) is 19.0. The molecule has 1 aromatic carbocycles. The summed E-state index contributed by atoms with van der Waals surface area (Å²) >= 11 is 5.43. The summed E-state index contributed by atoms with van der Waals surface area (Å²) in [5.41, 5.74) is 2.33. The third kappa shape index (κ3) is 4.26. The van der Waals surface area contributed by atoms with Gasteiger partial charge in [0.15, 0.2) is 5.11 Å². The first-order chi connectivity index (χ1) is 13.0. The quantitative estimate of drug-likeness (QED) is 0.589. The Balaban J connectivity index is 1.28. The van der Waals surface area contributed by atoms with Gasteiger partial charge in [0.05, 0.1) is 0 Å². The Morgan fingerprint density at radius 2 is 1.63 bits per heavy atom. The maximum absolute atomic E-state index is 12.2. The second-order valence-corrected chi connectivity index (χ2v) is 9.48. The van der Waals surface area contributed by atoms with Crippen LogP contribution in [-0.2, 0) is 4.79 Å². The molecule has 4 heteroatoms. The number of nitrogens with one attached hydrogen (secondary N) is 2. The molecule has 4 saturated carbocycles. The minimum Gasteiger partial charge on any atom is -0.359 e. The SMILES string of the molecule is CC(C)c1ccc(C=CC(=O)NC(=S)NC2C3CC4CC(C3)CC2C4)cc1. The van der Waals surface area contributed by atoms with Crippen LogP contribution >= 0.6 is 12.2 Å². The number of hydrogen-bond donors (Lipinski definition) is 2. The van der Waals surface area contributed by atoms with Gasteiger partial charge in [0.1, 0.15) is 0 Å². The van der Waals surface area contributed by atoms with E-state index in [0.717, 1.165) is 29.2 Å². The van der Waals surface area contributed by atoms with E-state index in [2.05, 4.69) is 36.6 Å². The fourth-order valence-electron chi connectivity index (χ4n) is 5.67. The fourth-order valence-corrected chi connectivity index (χ4v) is 5.90. The first-order valence-corrected chi connectivity index (χ1v) is 10.8. The molecule has 27 heavy (non-hydrogen) atoms. The molecule has 0 spiro atoms. The first kappa shape index (κ1) is 18.7. The Hall–Kier alpha value is -1.68. The van der Waals surface area contributed by atoms with Gasteiger partial charge < -0.3 is 5.32 Å². The standard InChI is InChI=1S/C23H30N2OS/c1-14(2)18-6-3-15(4-7-18)5-8-21(26)24-23(27)25-22-19-10-16-9-17(12-19)13-20(22)11-16/h3-8,14,16-17,19-20,22H,9-13H2,1-2H3,(H2,24,25,26,27). The highest BCUT2D eigenvalue weighted by Crippen LogP contribution is 2.53. The number of rotatable bonds is 4. The van der Waals surface area contributed by atoms with Crippen LogP contribution in [0.2, 0.25) is 0 Å². The molecule has 1 aromatic rings. The summed E-state index contributed by atoms with van der Waals surface area (Å²) in [5.74, 6) is 3.72. The molecule has 0 atom stereocenters. The summed E-state index contributed by atoms with van der Waals surface area (Å²) in [4.78, 5) is 12.2. The molecule has 5 rings (SSSR count). The molecule has 4 bridgehead atoms. The van der Waals surface area contributed by atoms with E-state index in [-0.39, 0.29) is 5.91 Å². The van der Waals surface area contributed by atoms with Crippen LogP contribution in [0.1, 0.15) is 63.0 Å². The average Bonchev–Trinajstić information content (AvgIpc) is 2.62. The van der Waals surface area contributed by atoms with Gasteiger partial charge in [-0.25, -0.2) is 0 Å². The smallest absolute Gasteiger partial charge is 0.250 e. The minimum absolute atomic E-state index is 0.163. The van der Waals surface area contributed by atoms with Gasteiger partial charge >= 0.3 is 0 Å². The maximum atomic E-state index is 12.2. The van der Waals surface area contributed by atoms with Crippen LogP contribution in [0.15, 0.2) is 30.3 Å². The van der Waals surface area contributed by atoms with Crippen LogP contribution in [0.3, 0.4) is 0 Å². The van der Waals surface area contributed by atoms with Gasteiger partial charge in [-0.05, 0) is 91.1 Å². The van der Waals surface area contributed by atoms with Crippen LogP contribution < -0.4 is 10.6 Å². The van der Waals surface area contributed by atoms with Gasteiger partial charge in [-0.15, -0.1) is 0 Å². The second-order valence-electron chi connectivity index (χ2n) is 9.07. The summed E-state index contributed by atoms with van der Waals surface area (Å²) in [7, 11) is 0. The molecule has 0 heterocycles. The Labute approximate surface area is 168 Å². The monoisotopic (exact) mass is 382 g/mol. The molecule has 3 nitrogen and oxygen atoms in total. The van der Waals surface area contributed by atoms with Crippen LogP contribution in [0.25, 0.3) is 6.08 Å². The fraction of sp³-hybridized carbons (Fsp3) is 0.565. The van der Waals surface area contributed by atoms with E-state index in [1.54, 1.807) is 6.08 Å². The van der Waals surface area contributed by atoms with Gasteiger partial charge in [-0.3, -0.25) is 10.1 Å². The Morgan fingerprint density at radius 3 is 2.19 bits per heavy atom. The molecule has 4 aliphatic carbocycles. The second kappa shape index (κ2) is 7.75. The van der Waals surface area contributed by atoms with Crippen LogP contribution in [0.4, 0.5) is 0 Å². The van der Waals surface area contributed by atoms with Crippen molar-refractivity contribution >= 4 is 29.3 Å². The lowest BCUT2D eigenvalue weighted by Gasteiger charge is -2.54. The summed E-state index contributed by atoms with van der Waals surface area (Å²) in [5, 5.41) is 6.79. The lowest BCUT2D eigenvalue weighted by Crippen LogP contribution is -2.57. The molecule has 0 unspecified atom stereocenters. The third-order valence-electron chi connectivity index (χ3n) is 6.79. The highest BCUT2D eigenvalue weighted by atomic mass is 32.1. The topological polar surface area (TPSA) is 41.1 Å². The van der Waals surface area contributed by atoms with Crippen LogP contribution in [0, 0.1) is 23.7 Å². The molecule has 4 fully saturated rings. The molecule has 144 valence electrons. The van der Waals surface area contributed by atoms with E-state index in [1.807, 2.05) is 18.2 Å². The molecule has 0 saturated heterocycles. The zero-order valence-corrected chi connectivity index (χ0v) is 17.1. The van der Waals surface area contributed by atoms with E-state index < -0.39 is 0 Å². The number of benzene rings is 1. The molecule has 1 amide bonds. The molecule has 4 aliphatic rings. The lowest BCUT2D eigenvalue weighted by atomic mass is 9.54. The highest BCUT2D eigenvalue weighted by molar-refractivity contribution is 7.80. The van der Waals surface area contributed by atoms with Crippen molar-refractivity contribution in [2.24, 2.45) is 23.7 Å². The van der Waals surface area contributed by atoms with Crippen LogP contribution in [-0.4, -0.2) is 17.1 Å². The number of amides is 1. The molecule has 0 radical (unpaired) electrons. The van der Waals surface area contributed by atoms with E-state index in [9.17, 15) is 4.79 Å². The van der Waals surface area contributed by atoms with Gasteiger partial charge in [0.25, 0.3) is 0 Å². The summed E-state index contributed by atoms with van der Waals surface area (Å²) in [6, 6.07) is 8.77. The Kier molecular flexibility index (Phi) is 5.36. The largest absolute Gasteiger partial charge is 0.359 e. The summed E-state index contributed by atoms with van der Waals surface area (Å²) < 4.78 is 0. The van der Waals surface area contributed by atoms with Crippen molar-refractivity contribution < 1.29 is 4.79 Å². The summed E-state index contributed by atoms with van der Waals surface area (Å²) in [6.07, 6.45) is 10.2. The Morgan fingerprint density at radius 1 is 1.04 bits per heavy atom. The normalized spacial score (nSPS) is 31.4. The number of thiocarbonyl (C=S) groups is 1. The maximum Gasteiger partial charge on any atom is 0.250 e. The van der Waals surface area contributed by atoms with Gasteiger partial charge in [0, 0.05) is 12.1 Å². The highest BCUT2D eigenvalue weighted by Gasteiger charge is 2.48. The van der Waals surface area contributed by atoms with Gasteiger partial charge in [-0.1, -0.05) is 38.1 Å². The first-order valence-electron chi connectivity index (χ1n) is 10.4. The van der Waals surface area contributed by atoms with Crippen molar-refractivity contribution in [3.05, 3.63) is 41.5 Å². The molecule has 2 N–H and O–H groups in total. The van der Waals surface area contributed by atoms with E-state index >= 15 is 0 Å². The van der Waals surface area contributed by atoms with Gasteiger partial charge in [0.2, 0.25) is 5.91 Å². The summed E-state index contributed by atoms with van der Waals surface area (Å²) in [6.45, 7) is 4.35. The zero-order valence-electron chi connectivity index (χ0n) is 16.3. The van der Waals surface area contributed by atoms with E-state index in [4.69, 9.17) is 12.2 Å². The van der Waals surface area contributed by atoms with Crippen molar-refractivity contribution in [1.29, 1.82) is 0 Å². The molecule has 0 aromatic heterocycles. The van der Waals surface area contributed by atoms with E-state index in [1.165, 1.54) is 37.7 Å². The van der Waals surface area contributed by atoms with E-state index in [0.29, 0.717) is 17.1 Å². The number of carbonyl (C=O) groups excluding carboxylic acids is 1. The van der Waals surface area contributed by atoms with Crippen LogP contribution in [0.5, 0.6) is 0 Å². The third-order valence-corrected chi connectivity index (χ3v) is 7.01. The van der Waals surface area contributed by atoms with Crippen molar-refractivity contribution in [1.82, 2.24) is 10.6 Å². The number of carbonyl (C=O) groups is 1. The Bertz CT molecular complexity index is 709. The lowest BCUT2D eigenvalue weighted by molar-refractivity contribution is -0.115. The molecule has 0 aliphatic heterocycles. The minimum atomic E-state index is -0.163. The molecular weight excluding hydrogens is 352 g/mol. The molecular formula is C23H30N2OS. The average molecular weight is 383 g/mol. The number of hydrogen-bond acceptors (Lipinski definition) is 2. The predicted octanol–water partition coefficient (Wildman–Crippen LogP) is 4.64.